The normalized spacial score (nSPS) is 17.3. The van der Waals surface area contributed by atoms with Crippen molar-refractivity contribution in [2.45, 2.75) is 188 Å². The first-order chi connectivity index (χ1) is 21.1. The van der Waals surface area contributed by atoms with Crippen LogP contribution in [0.2, 0.25) is 0 Å². The Morgan fingerprint density at radius 1 is 0.488 bits per heavy atom. The molecule has 1 rings (SSSR count). The Kier molecular flexibility index (Phi) is 28.3. The summed E-state index contributed by atoms with van der Waals surface area (Å²) in [6.07, 6.45) is 33.2. The molecule has 43 heavy (non-hydrogen) atoms. The Hall–Kier alpha value is -0.610. The SMILES string of the molecule is CCCCCCCCCN(CCCCCCCCC)CCN(CCCCCCCCC)CCOC(=O)C1CCC(C)CC1. The van der Waals surface area contributed by atoms with E-state index < -0.39 is 0 Å². The quantitative estimate of drug-likeness (QED) is 0.0580. The largest absolute Gasteiger partial charge is 0.464 e. The zero-order chi connectivity index (χ0) is 31.2. The lowest BCUT2D eigenvalue weighted by Crippen LogP contribution is -2.38. The van der Waals surface area contributed by atoms with Crippen molar-refractivity contribution in [3.05, 3.63) is 0 Å². The molecule has 4 heteroatoms. The molecule has 1 aliphatic carbocycles. The zero-order valence-corrected chi connectivity index (χ0v) is 30.0. The maximum Gasteiger partial charge on any atom is 0.308 e. The van der Waals surface area contributed by atoms with Crippen LogP contribution < -0.4 is 0 Å². The molecule has 0 aromatic carbocycles. The van der Waals surface area contributed by atoms with Gasteiger partial charge in [-0.25, -0.2) is 0 Å². The molecule has 0 aromatic heterocycles. The van der Waals surface area contributed by atoms with Crippen LogP contribution in [0.25, 0.3) is 0 Å². The number of unbranched alkanes of at least 4 members (excludes halogenated alkanes) is 18. The van der Waals surface area contributed by atoms with Crippen molar-refractivity contribution in [2.24, 2.45) is 11.8 Å². The van der Waals surface area contributed by atoms with Gasteiger partial charge in [-0.1, -0.05) is 143 Å². The Morgan fingerprint density at radius 2 is 0.837 bits per heavy atom. The second kappa shape index (κ2) is 30.1. The summed E-state index contributed by atoms with van der Waals surface area (Å²) in [4.78, 5) is 18.1. The molecule has 0 aromatic rings. The molecule has 1 fully saturated rings. The number of hydrogen-bond acceptors (Lipinski definition) is 4. The molecule has 0 bridgehead atoms. The van der Waals surface area contributed by atoms with Gasteiger partial charge >= 0.3 is 5.97 Å². The van der Waals surface area contributed by atoms with Gasteiger partial charge < -0.3 is 9.64 Å². The minimum absolute atomic E-state index is 0.0716. The number of ether oxygens (including phenoxy) is 1. The van der Waals surface area contributed by atoms with Gasteiger partial charge in [0.05, 0.1) is 5.92 Å². The highest BCUT2D eigenvalue weighted by atomic mass is 16.5. The van der Waals surface area contributed by atoms with Crippen LogP contribution in [0.1, 0.15) is 188 Å². The molecular weight excluding hydrogens is 528 g/mol. The van der Waals surface area contributed by atoms with Gasteiger partial charge in [0.15, 0.2) is 0 Å². The highest BCUT2D eigenvalue weighted by Gasteiger charge is 2.25. The van der Waals surface area contributed by atoms with Gasteiger partial charge in [-0.3, -0.25) is 9.69 Å². The molecule has 0 saturated heterocycles. The van der Waals surface area contributed by atoms with Crippen LogP contribution in [0.5, 0.6) is 0 Å². The maximum atomic E-state index is 12.7. The third-order valence-electron chi connectivity index (χ3n) is 9.97. The van der Waals surface area contributed by atoms with Crippen molar-refractivity contribution < 1.29 is 9.53 Å². The molecule has 4 nitrogen and oxygen atoms in total. The summed E-state index contributed by atoms with van der Waals surface area (Å²) >= 11 is 0. The summed E-state index contributed by atoms with van der Waals surface area (Å²) in [7, 11) is 0. The summed E-state index contributed by atoms with van der Waals surface area (Å²) in [5, 5.41) is 0. The highest BCUT2D eigenvalue weighted by Crippen LogP contribution is 2.29. The number of esters is 1. The van der Waals surface area contributed by atoms with Crippen molar-refractivity contribution in [3.8, 4) is 0 Å². The van der Waals surface area contributed by atoms with Gasteiger partial charge in [0.1, 0.15) is 6.61 Å². The first-order valence-electron chi connectivity index (χ1n) is 19.7. The van der Waals surface area contributed by atoms with Crippen LogP contribution in [-0.4, -0.2) is 61.6 Å². The van der Waals surface area contributed by atoms with E-state index in [0.29, 0.717) is 6.61 Å². The van der Waals surface area contributed by atoms with Gasteiger partial charge in [-0.05, 0) is 70.5 Å². The van der Waals surface area contributed by atoms with Crippen molar-refractivity contribution in [1.82, 2.24) is 9.80 Å². The molecule has 256 valence electrons. The van der Waals surface area contributed by atoms with Gasteiger partial charge in [0.25, 0.3) is 0 Å². The lowest BCUT2D eigenvalue weighted by Gasteiger charge is -2.28. The number of carbonyl (C=O) groups is 1. The predicted octanol–water partition coefficient (Wildman–Crippen LogP) is 11.2. The molecule has 0 N–H and O–H groups in total. The molecule has 0 unspecified atom stereocenters. The predicted molar refractivity (Wildman–Crippen MR) is 189 cm³/mol. The van der Waals surface area contributed by atoms with Crippen molar-refractivity contribution >= 4 is 5.97 Å². The average molecular weight is 607 g/mol. The number of rotatable bonds is 31. The Bertz CT molecular complexity index is 572. The first kappa shape index (κ1) is 40.4. The third kappa shape index (κ3) is 24.3. The molecule has 0 atom stereocenters. The monoisotopic (exact) mass is 607 g/mol. The Morgan fingerprint density at radius 3 is 1.23 bits per heavy atom. The highest BCUT2D eigenvalue weighted by molar-refractivity contribution is 5.72. The lowest BCUT2D eigenvalue weighted by molar-refractivity contribution is -0.150. The lowest BCUT2D eigenvalue weighted by atomic mass is 9.83. The molecule has 0 amide bonds. The van der Waals surface area contributed by atoms with Crippen molar-refractivity contribution in [2.75, 3.05) is 45.9 Å². The van der Waals surface area contributed by atoms with Crippen molar-refractivity contribution in [1.29, 1.82) is 0 Å². The summed E-state index contributed by atoms with van der Waals surface area (Å²) in [5.41, 5.74) is 0. The minimum Gasteiger partial charge on any atom is -0.464 e. The van der Waals surface area contributed by atoms with Crippen LogP contribution >= 0.6 is 0 Å². The third-order valence-corrected chi connectivity index (χ3v) is 9.97. The van der Waals surface area contributed by atoms with E-state index in [-0.39, 0.29) is 11.9 Å². The molecular formula is C39H78N2O2. The fourth-order valence-corrected chi connectivity index (χ4v) is 6.72. The van der Waals surface area contributed by atoms with E-state index in [1.165, 1.54) is 161 Å². The van der Waals surface area contributed by atoms with Crippen LogP contribution in [0.4, 0.5) is 0 Å². The van der Waals surface area contributed by atoms with Crippen LogP contribution in [0, 0.1) is 11.8 Å². The summed E-state index contributed by atoms with van der Waals surface area (Å²) in [6, 6.07) is 0. The summed E-state index contributed by atoms with van der Waals surface area (Å²) in [6.45, 7) is 16.6. The van der Waals surface area contributed by atoms with Crippen LogP contribution in [0.3, 0.4) is 0 Å². The molecule has 1 saturated carbocycles. The fourth-order valence-electron chi connectivity index (χ4n) is 6.72. The molecule has 1 aliphatic rings. The van der Waals surface area contributed by atoms with E-state index in [9.17, 15) is 4.79 Å². The van der Waals surface area contributed by atoms with E-state index in [1.807, 2.05) is 0 Å². The van der Waals surface area contributed by atoms with Crippen LogP contribution in [-0.2, 0) is 9.53 Å². The van der Waals surface area contributed by atoms with Gasteiger partial charge in [-0.15, -0.1) is 0 Å². The second-order valence-electron chi connectivity index (χ2n) is 14.2. The fraction of sp³-hybridized carbons (Fsp3) is 0.974. The van der Waals surface area contributed by atoms with Crippen LogP contribution in [0.15, 0.2) is 0 Å². The van der Waals surface area contributed by atoms with E-state index >= 15 is 0 Å². The van der Waals surface area contributed by atoms with E-state index in [0.717, 1.165) is 44.9 Å². The van der Waals surface area contributed by atoms with Gasteiger partial charge in [0.2, 0.25) is 0 Å². The first-order valence-corrected chi connectivity index (χ1v) is 19.7. The Labute approximate surface area is 270 Å². The topological polar surface area (TPSA) is 32.8 Å². The summed E-state index contributed by atoms with van der Waals surface area (Å²) < 4.78 is 5.87. The zero-order valence-electron chi connectivity index (χ0n) is 30.0. The smallest absolute Gasteiger partial charge is 0.308 e. The van der Waals surface area contributed by atoms with Crippen molar-refractivity contribution in [3.63, 3.8) is 0 Å². The molecule has 0 spiro atoms. The van der Waals surface area contributed by atoms with Gasteiger partial charge in [-0.2, -0.15) is 0 Å². The molecule has 0 aliphatic heterocycles. The van der Waals surface area contributed by atoms with E-state index in [1.54, 1.807) is 0 Å². The minimum atomic E-state index is 0.0716. The van der Waals surface area contributed by atoms with E-state index in [2.05, 4.69) is 37.5 Å². The number of hydrogen-bond donors (Lipinski definition) is 0. The van der Waals surface area contributed by atoms with Gasteiger partial charge in [0, 0.05) is 19.6 Å². The van der Waals surface area contributed by atoms with E-state index in [4.69, 9.17) is 4.74 Å². The number of carbonyl (C=O) groups excluding carboxylic acids is 1. The second-order valence-corrected chi connectivity index (χ2v) is 14.2. The summed E-state index contributed by atoms with van der Waals surface area (Å²) in [5.74, 6) is 0.987. The standard InChI is InChI=1S/C39H78N2O2/c1-5-8-11-14-17-20-23-30-40(31-24-21-18-15-12-9-6-2)33-34-41(32-25-22-19-16-13-10-7-3)35-36-43-39(42)38-28-26-37(4)27-29-38/h37-38H,5-36H2,1-4H3. The number of nitrogens with zero attached hydrogens (tertiary/aromatic N) is 2. The average Bonchev–Trinajstić information content (AvgIpc) is 3.01. The maximum absolute atomic E-state index is 12.7. The molecule has 0 heterocycles. The Balaban J connectivity index is 2.53. The molecule has 0 radical (unpaired) electrons.